The van der Waals surface area contributed by atoms with Crippen molar-refractivity contribution in [3.8, 4) is 0 Å². The molecule has 0 saturated heterocycles. The van der Waals surface area contributed by atoms with Gasteiger partial charge >= 0.3 is 0 Å². The molecule has 0 heterocycles. The molecule has 2 atom stereocenters. The van der Waals surface area contributed by atoms with E-state index >= 15 is 0 Å². The molecule has 0 aromatic heterocycles. The van der Waals surface area contributed by atoms with E-state index in [1.54, 1.807) is 7.11 Å². The monoisotopic (exact) mass is 215 g/mol. The average molecular weight is 215 g/mol. The fourth-order valence-electron chi connectivity index (χ4n) is 1.85. The molecule has 92 valence electrons. The number of ether oxygens (including phenoxy) is 1. The van der Waals surface area contributed by atoms with Gasteiger partial charge in [0.2, 0.25) is 0 Å². The largest absolute Gasteiger partial charge is 0.377 e. The van der Waals surface area contributed by atoms with E-state index in [-0.39, 0.29) is 5.60 Å². The van der Waals surface area contributed by atoms with Crippen LogP contribution in [0.2, 0.25) is 0 Å². The second-order valence-electron chi connectivity index (χ2n) is 5.13. The first-order valence-electron chi connectivity index (χ1n) is 6.25. The van der Waals surface area contributed by atoms with Crippen molar-refractivity contribution in [3.63, 3.8) is 0 Å². The molecule has 2 unspecified atom stereocenters. The van der Waals surface area contributed by atoms with Crippen molar-refractivity contribution in [2.75, 3.05) is 13.7 Å². The Labute approximate surface area is 95.8 Å². The maximum atomic E-state index is 5.41. The van der Waals surface area contributed by atoms with Gasteiger partial charge in [0.25, 0.3) is 0 Å². The van der Waals surface area contributed by atoms with Gasteiger partial charge < -0.3 is 10.1 Å². The summed E-state index contributed by atoms with van der Waals surface area (Å²) in [5, 5.41) is 3.62. The molecule has 0 fully saturated rings. The molecule has 2 heteroatoms. The lowest BCUT2D eigenvalue weighted by Crippen LogP contribution is -2.44. The predicted octanol–water partition coefficient (Wildman–Crippen LogP) is 3.22. The summed E-state index contributed by atoms with van der Waals surface area (Å²) < 4.78 is 5.41. The molecule has 0 amide bonds. The highest BCUT2D eigenvalue weighted by atomic mass is 16.5. The molecule has 0 aliphatic heterocycles. The van der Waals surface area contributed by atoms with Crippen LogP contribution in [-0.4, -0.2) is 25.3 Å². The van der Waals surface area contributed by atoms with Crippen LogP contribution >= 0.6 is 0 Å². The van der Waals surface area contributed by atoms with E-state index in [4.69, 9.17) is 4.74 Å². The number of nitrogens with one attached hydrogen (secondary N) is 1. The minimum atomic E-state index is -0.0562. The minimum Gasteiger partial charge on any atom is -0.377 e. The van der Waals surface area contributed by atoms with Crippen LogP contribution in [0.25, 0.3) is 0 Å². The quantitative estimate of drug-likeness (QED) is 0.671. The summed E-state index contributed by atoms with van der Waals surface area (Å²) in [6.45, 7) is 12.0. The van der Waals surface area contributed by atoms with E-state index in [0.717, 1.165) is 12.5 Å². The van der Waals surface area contributed by atoms with E-state index in [9.17, 15) is 0 Å². The van der Waals surface area contributed by atoms with Gasteiger partial charge in [-0.25, -0.2) is 0 Å². The number of methoxy groups -OCH3 is 1. The van der Waals surface area contributed by atoms with Crippen LogP contribution in [0, 0.1) is 5.92 Å². The molecular formula is C13H29NO. The minimum absolute atomic E-state index is 0.0562. The first-order chi connectivity index (χ1) is 6.96. The van der Waals surface area contributed by atoms with E-state index in [1.807, 2.05) is 0 Å². The molecule has 0 bridgehead atoms. The van der Waals surface area contributed by atoms with Gasteiger partial charge in [-0.05, 0) is 32.6 Å². The van der Waals surface area contributed by atoms with Gasteiger partial charge in [0, 0.05) is 19.7 Å². The summed E-state index contributed by atoms with van der Waals surface area (Å²) in [5.74, 6) is 0.757. The van der Waals surface area contributed by atoms with Crippen molar-refractivity contribution in [2.45, 2.75) is 65.5 Å². The Bertz CT molecular complexity index is 157. The Balaban J connectivity index is 3.99. The third kappa shape index (κ3) is 6.16. The van der Waals surface area contributed by atoms with Crippen LogP contribution < -0.4 is 5.32 Å². The zero-order chi connectivity index (χ0) is 11.9. The van der Waals surface area contributed by atoms with Gasteiger partial charge in [0.05, 0.1) is 5.60 Å². The molecule has 0 aromatic rings. The highest BCUT2D eigenvalue weighted by Gasteiger charge is 2.20. The molecule has 2 nitrogen and oxygen atoms in total. The van der Waals surface area contributed by atoms with Crippen LogP contribution in [-0.2, 0) is 4.74 Å². The second kappa shape index (κ2) is 7.24. The molecule has 0 spiro atoms. The summed E-state index contributed by atoms with van der Waals surface area (Å²) in [4.78, 5) is 0. The number of rotatable bonds is 8. The Morgan fingerprint density at radius 3 is 2.27 bits per heavy atom. The molecule has 1 N–H and O–H groups in total. The molecule has 0 aliphatic carbocycles. The molecule has 0 aromatic carbocycles. The smallest absolute Gasteiger partial charge is 0.0746 e. The van der Waals surface area contributed by atoms with Crippen LogP contribution in [0.3, 0.4) is 0 Å². The Morgan fingerprint density at radius 2 is 1.87 bits per heavy atom. The average Bonchev–Trinajstić information content (AvgIpc) is 2.19. The van der Waals surface area contributed by atoms with Gasteiger partial charge in [0.15, 0.2) is 0 Å². The lowest BCUT2D eigenvalue weighted by molar-refractivity contribution is 0.0193. The molecule has 0 radical (unpaired) electrons. The Kier molecular flexibility index (Phi) is 7.20. The van der Waals surface area contributed by atoms with Gasteiger partial charge in [0.1, 0.15) is 0 Å². The highest BCUT2D eigenvalue weighted by molar-refractivity contribution is 4.78. The Morgan fingerprint density at radius 1 is 1.27 bits per heavy atom. The summed E-state index contributed by atoms with van der Waals surface area (Å²) in [6.07, 6.45) is 3.77. The van der Waals surface area contributed by atoms with Gasteiger partial charge in [-0.3, -0.25) is 0 Å². The maximum absolute atomic E-state index is 5.41. The third-order valence-corrected chi connectivity index (χ3v) is 3.21. The summed E-state index contributed by atoms with van der Waals surface area (Å²) in [6, 6.07) is 0.624. The van der Waals surface area contributed by atoms with Crippen LogP contribution in [0.1, 0.15) is 53.9 Å². The lowest BCUT2D eigenvalue weighted by Gasteiger charge is -2.29. The predicted molar refractivity (Wildman–Crippen MR) is 67.2 cm³/mol. The fraction of sp³-hybridized carbons (Fsp3) is 1.00. The van der Waals surface area contributed by atoms with Crippen molar-refractivity contribution in [1.82, 2.24) is 5.32 Å². The topological polar surface area (TPSA) is 21.3 Å². The first-order valence-corrected chi connectivity index (χ1v) is 6.25. The summed E-state index contributed by atoms with van der Waals surface area (Å²) in [7, 11) is 1.78. The maximum Gasteiger partial charge on any atom is 0.0746 e. The number of hydrogen-bond donors (Lipinski definition) is 1. The Hall–Kier alpha value is -0.0800. The number of hydrogen-bond acceptors (Lipinski definition) is 2. The SMILES string of the molecule is CCCC(C)C(CC)NCC(C)(C)OC. The second-order valence-corrected chi connectivity index (χ2v) is 5.13. The van der Waals surface area contributed by atoms with Crippen molar-refractivity contribution < 1.29 is 4.74 Å². The van der Waals surface area contributed by atoms with Crippen molar-refractivity contribution in [1.29, 1.82) is 0 Å². The zero-order valence-corrected chi connectivity index (χ0v) is 11.4. The molecular weight excluding hydrogens is 186 g/mol. The van der Waals surface area contributed by atoms with Crippen molar-refractivity contribution in [2.24, 2.45) is 5.92 Å². The highest BCUT2D eigenvalue weighted by Crippen LogP contribution is 2.14. The summed E-state index contributed by atoms with van der Waals surface area (Å²) in [5.41, 5.74) is -0.0562. The molecule has 0 rings (SSSR count). The van der Waals surface area contributed by atoms with Gasteiger partial charge in [-0.15, -0.1) is 0 Å². The van der Waals surface area contributed by atoms with E-state index in [1.165, 1.54) is 19.3 Å². The zero-order valence-electron chi connectivity index (χ0n) is 11.4. The van der Waals surface area contributed by atoms with E-state index < -0.39 is 0 Å². The van der Waals surface area contributed by atoms with Crippen LogP contribution in [0.15, 0.2) is 0 Å². The van der Waals surface area contributed by atoms with E-state index in [2.05, 4.69) is 39.9 Å². The standard InChI is InChI=1S/C13H29NO/c1-7-9-11(3)12(8-2)14-10-13(4,5)15-6/h11-12,14H,7-10H2,1-6H3. The van der Waals surface area contributed by atoms with Gasteiger partial charge in [-0.1, -0.05) is 27.2 Å². The van der Waals surface area contributed by atoms with Crippen LogP contribution in [0.4, 0.5) is 0 Å². The molecule has 15 heavy (non-hydrogen) atoms. The fourth-order valence-corrected chi connectivity index (χ4v) is 1.85. The first kappa shape index (κ1) is 14.9. The van der Waals surface area contributed by atoms with Crippen molar-refractivity contribution in [3.05, 3.63) is 0 Å². The van der Waals surface area contributed by atoms with Gasteiger partial charge in [-0.2, -0.15) is 0 Å². The normalized spacial score (nSPS) is 16.4. The van der Waals surface area contributed by atoms with E-state index in [0.29, 0.717) is 6.04 Å². The lowest BCUT2D eigenvalue weighted by atomic mass is 9.94. The molecule has 0 saturated carbocycles. The summed E-state index contributed by atoms with van der Waals surface area (Å²) >= 11 is 0. The van der Waals surface area contributed by atoms with Crippen LogP contribution in [0.5, 0.6) is 0 Å². The molecule has 0 aliphatic rings. The van der Waals surface area contributed by atoms with Crippen molar-refractivity contribution >= 4 is 0 Å². The third-order valence-electron chi connectivity index (χ3n) is 3.21.